The molecule has 2 heteroatoms. The lowest BCUT2D eigenvalue weighted by molar-refractivity contribution is 0.414. The van der Waals surface area contributed by atoms with Crippen molar-refractivity contribution < 1.29 is 9.47 Å². The van der Waals surface area contributed by atoms with Crippen molar-refractivity contribution in [2.45, 2.75) is 32.1 Å². The molecule has 0 spiro atoms. The number of ether oxygens (including phenoxy) is 2. The second-order valence-electron chi connectivity index (χ2n) is 5.31. The quantitative estimate of drug-likeness (QED) is 0.725. The maximum absolute atomic E-state index is 5.24. The minimum absolute atomic E-state index is 0.550. The molecular formula is C19H24O2. The van der Waals surface area contributed by atoms with Gasteiger partial charge >= 0.3 is 0 Å². The number of benzene rings is 2. The summed E-state index contributed by atoms with van der Waals surface area (Å²) in [6, 6.07) is 16.8. The summed E-state index contributed by atoms with van der Waals surface area (Å²) < 4.78 is 10.5. The molecule has 0 N–H and O–H groups in total. The summed E-state index contributed by atoms with van der Waals surface area (Å²) in [5, 5.41) is 0. The minimum atomic E-state index is 0.550. The molecule has 0 saturated heterocycles. The lowest BCUT2D eigenvalue weighted by atomic mass is 9.88. The molecule has 112 valence electrons. The predicted octanol–water partition coefficient (Wildman–Crippen LogP) is 4.83. The first kappa shape index (κ1) is 15.4. The van der Waals surface area contributed by atoms with Gasteiger partial charge in [-0.15, -0.1) is 0 Å². The van der Waals surface area contributed by atoms with Crippen LogP contribution in [-0.4, -0.2) is 14.2 Å². The SMILES string of the molecule is CCCC(Cc1ccc(OC)cc1)c1ccc(OC)cc1. The molecule has 0 aliphatic carbocycles. The van der Waals surface area contributed by atoms with E-state index in [4.69, 9.17) is 9.47 Å². The summed E-state index contributed by atoms with van der Waals surface area (Å²) in [5.74, 6) is 2.38. The Morgan fingerprint density at radius 1 is 0.810 bits per heavy atom. The van der Waals surface area contributed by atoms with Crippen molar-refractivity contribution in [3.63, 3.8) is 0 Å². The highest BCUT2D eigenvalue weighted by Gasteiger charge is 2.12. The number of hydrogen-bond donors (Lipinski definition) is 0. The minimum Gasteiger partial charge on any atom is -0.497 e. The zero-order valence-corrected chi connectivity index (χ0v) is 13.1. The summed E-state index contributed by atoms with van der Waals surface area (Å²) in [4.78, 5) is 0. The normalized spacial score (nSPS) is 12.0. The molecular weight excluding hydrogens is 260 g/mol. The Balaban J connectivity index is 2.13. The highest BCUT2D eigenvalue weighted by Crippen LogP contribution is 2.28. The number of hydrogen-bond acceptors (Lipinski definition) is 2. The second-order valence-corrected chi connectivity index (χ2v) is 5.31. The van der Waals surface area contributed by atoms with Crippen LogP contribution in [0.25, 0.3) is 0 Å². The summed E-state index contributed by atoms with van der Waals surface area (Å²) in [6.45, 7) is 2.24. The maximum atomic E-state index is 5.24. The average Bonchev–Trinajstić information content (AvgIpc) is 2.55. The van der Waals surface area contributed by atoms with E-state index in [2.05, 4.69) is 31.2 Å². The molecule has 0 amide bonds. The molecule has 2 aromatic rings. The van der Waals surface area contributed by atoms with Gasteiger partial charge in [0.2, 0.25) is 0 Å². The third kappa shape index (κ3) is 4.25. The van der Waals surface area contributed by atoms with Gasteiger partial charge in [-0.2, -0.15) is 0 Å². The van der Waals surface area contributed by atoms with E-state index in [1.54, 1.807) is 14.2 Å². The van der Waals surface area contributed by atoms with E-state index in [1.807, 2.05) is 24.3 Å². The molecule has 2 rings (SSSR count). The van der Waals surface area contributed by atoms with E-state index in [1.165, 1.54) is 24.0 Å². The molecule has 0 fully saturated rings. The second kappa shape index (κ2) is 7.72. The van der Waals surface area contributed by atoms with Gasteiger partial charge in [0, 0.05) is 0 Å². The average molecular weight is 284 g/mol. The van der Waals surface area contributed by atoms with Crippen LogP contribution in [-0.2, 0) is 6.42 Å². The zero-order valence-electron chi connectivity index (χ0n) is 13.1. The Hall–Kier alpha value is -1.96. The summed E-state index contributed by atoms with van der Waals surface area (Å²) in [7, 11) is 3.40. The fraction of sp³-hybridized carbons (Fsp3) is 0.368. The van der Waals surface area contributed by atoms with Gasteiger partial charge in [0.15, 0.2) is 0 Å². The fourth-order valence-corrected chi connectivity index (χ4v) is 2.66. The Morgan fingerprint density at radius 2 is 1.33 bits per heavy atom. The highest BCUT2D eigenvalue weighted by atomic mass is 16.5. The van der Waals surface area contributed by atoms with Crippen molar-refractivity contribution in [2.24, 2.45) is 0 Å². The summed E-state index contributed by atoms with van der Waals surface area (Å²) in [6.07, 6.45) is 3.44. The van der Waals surface area contributed by atoms with Gasteiger partial charge in [0.1, 0.15) is 11.5 Å². The monoisotopic (exact) mass is 284 g/mol. The van der Waals surface area contributed by atoms with Gasteiger partial charge in [-0.1, -0.05) is 37.6 Å². The summed E-state index contributed by atoms with van der Waals surface area (Å²) in [5.41, 5.74) is 2.73. The van der Waals surface area contributed by atoms with Crippen molar-refractivity contribution in [1.82, 2.24) is 0 Å². The standard InChI is InChI=1S/C19H24O2/c1-4-5-17(16-8-12-19(21-3)13-9-16)14-15-6-10-18(20-2)11-7-15/h6-13,17H,4-5,14H2,1-3H3. The van der Waals surface area contributed by atoms with E-state index < -0.39 is 0 Å². The van der Waals surface area contributed by atoms with Gasteiger partial charge in [0.25, 0.3) is 0 Å². The lowest BCUT2D eigenvalue weighted by Crippen LogP contribution is -2.03. The van der Waals surface area contributed by atoms with E-state index in [-0.39, 0.29) is 0 Å². The maximum Gasteiger partial charge on any atom is 0.118 e. The third-order valence-corrected chi connectivity index (χ3v) is 3.87. The molecule has 1 unspecified atom stereocenters. The number of rotatable bonds is 7. The zero-order chi connectivity index (χ0) is 15.1. The Bertz CT molecular complexity index is 528. The summed E-state index contributed by atoms with van der Waals surface area (Å²) >= 11 is 0. The molecule has 0 saturated carbocycles. The molecule has 21 heavy (non-hydrogen) atoms. The Labute approximate surface area is 127 Å². The van der Waals surface area contributed by atoms with Crippen LogP contribution in [0.3, 0.4) is 0 Å². The van der Waals surface area contributed by atoms with Gasteiger partial charge in [0.05, 0.1) is 14.2 Å². The predicted molar refractivity (Wildman–Crippen MR) is 87.3 cm³/mol. The molecule has 0 aromatic heterocycles. The molecule has 0 heterocycles. The van der Waals surface area contributed by atoms with Crippen LogP contribution in [0.4, 0.5) is 0 Å². The van der Waals surface area contributed by atoms with Crippen molar-refractivity contribution in [3.8, 4) is 11.5 Å². The molecule has 2 aromatic carbocycles. The molecule has 0 radical (unpaired) electrons. The smallest absolute Gasteiger partial charge is 0.118 e. The van der Waals surface area contributed by atoms with Crippen LogP contribution in [0, 0.1) is 0 Å². The van der Waals surface area contributed by atoms with Gasteiger partial charge < -0.3 is 9.47 Å². The fourth-order valence-electron chi connectivity index (χ4n) is 2.66. The van der Waals surface area contributed by atoms with Crippen LogP contribution in [0.2, 0.25) is 0 Å². The molecule has 0 aliphatic heterocycles. The first-order chi connectivity index (χ1) is 10.3. The molecule has 2 nitrogen and oxygen atoms in total. The van der Waals surface area contributed by atoms with Gasteiger partial charge in [-0.25, -0.2) is 0 Å². The van der Waals surface area contributed by atoms with Crippen molar-refractivity contribution >= 4 is 0 Å². The first-order valence-corrected chi connectivity index (χ1v) is 7.53. The Kier molecular flexibility index (Phi) is 5.68. The van der Waals surface area contributed by atoms with Crippen LogP contribution in [0.5, 0.6) is 11.5 Å². The van der Waals surface area contributed by atoms with Crippen LogP contribution in [0.1, 0.15) is 36.8 Å². The van der Waals surface area contributed by atoms with Crippen molar-refractivity contribution in [3.05, 3.63) is 59.7 Å². The van der Waals surface area contributed by atoms with E-state index >= 15 is 0 Å². The lowest BCUT2D eigenvalue weighted by Gasteiger charge is -2.17. The molecule has 1 atom stereocenters. The van der Waals surface area contributed by atoms with Crippen molar-refractivity contribution in [2.75, 3.05) is 14.2 Å². The number of methoxy groups -OCH3 is 2. The largest absolute Gasteiger partial charge is 0.497 e. The van der Waals surface area contributed by atoms with E-state index in [0.29, 0.717) is 5.92 Å². The van der Waals surface area contributed by atoms with E-state index in [9.17, 15) is 0 Å². The van der Waals surface area contributed by atoms with Crippen LogP contribution in [0.15, 0.2) is 48.5 Å². The first-order valence-electron chi connectivity index (χ1n) is 7.53. The van der Waals surface area contributed by atoms with Gasteiger partial charge in [-0.3, -0.25) is 0 Å². The Morgan fingerprint density at radius 3 is 1.81 bits per heavy atom. The third-order valence-electron chi connectivity index (χ3n) is 3.87. The van der Waals surface area contributed by atoms with Crippen LogP contribution >= 0.6 is 0 Å². The highest BCUT2D eigenvalue weighted by molar-refractivity contribution is 5.32. The van der Waals surface area contributed by atoms with E-state index in [0.717, 1.165) is 17.9 Å². The van der Waals surface area contributed by atoms with Gasteiger partial charge in [-0.05, 0) is 54.2 Å². The topological polar surface area (TPSA) is 18.5 Å². The molecule has 0 aliphatic rings. The van der Waals surface area contributed by atoms with Crippen LogP contribution < -0.4 is 9.47 Å². The van der Waals surface area contributed by atoms with Crippen molar-refractivity contribution in [1.29, 1.82) is 0 Å². The molecule has 0 bridgehead atoms.